The van der Waals surface area contributed by atoms with E-state index in [9.17, 15) is 0 Å². The zero-order valence-electron chi connectivity index (χ0n) is 11.6. The minimum atomic E-state index is 0.257. The van der Waals surface area contributed by atoms with Gasteiger partial charge in [-0.05, 0) is 63.4 Å². The molecule has 1 N–H and O–H groups in total. The lowest BCUT2D eigenvalue weighted by molar-refractivity contribution is 0.598. The molecule has 3 rings (SSSR count). The van der Waals surface area contributed by atoms with Crippen LogP contribution in [0.5, 0.6) is 0 Å². The zero-order chi connectivity index (χ0) is 14.8. The van der Waals surface area contributed by atoms with Crippen molar-refractivity contribution < 1.29 is 0 Å². The van der Waals surface area contributed by atoms with Crippen LogP contribution in [0.1, 0.15) is 17.2 Å². The number of thiophene rings is 1. The van der Waals surface area contributed by atoms with Crippen LogP contribution in [0, 0.1) is 0 Å². The van der Waals surface area contributed by atoms with E-state index in [-0.39, 0.29) is 6.04 Å². The molecule has 21 heavy (non-hydrogen) atoms. The molecule has 1 atom stereocenters. The molecule has 1 nitrogen and oxygen atoms in total. The highest BCUT2D eigenvalue weighted by atomic mass is 79.9. The largest absolute Gasteiger partial charge is 0.313 e. The van der Waals surface area contributed by atoms with Crippen LogP contribution in [0.15, 0.2) is 52.3 Å². The van der Waals surface area contributed by atoms with E-state index in [1.165, 1.54) is 21.2 Å². The molecule has 0 amide bonds. The summed E-state index contributed by atoms with van der Waals surface area (Å²) in [5.41, 5.74) is 2.51. The fourth-order valence-electron chi connectivity index (χ4n) is 2.56. The van der Waals surface area contributed by atoms with E-state index in [0.717, 1.165) is 15.9 Å². The minimum Gasteiger partial charge on any atom is -0.313 e. The summed E-state index contributed by atoms with van der Waals surface area (Å²) in [7, 11) is 2.00. The van der Waals surface area contributed by atoms with E-state index in [1.807, 2.05) is 25.2 Å². The second kappa shape index (κ2) is 6.49. The second-order valence-electron chi connectivity index (χ2n) is 4.94. The van der Waals surface area contributed by atoms with Crippen LogP contribution in [0.4, 0.5) is 0 Å². The Morgan fingerprint density at radius 1 is 1.19 bits per heavy atom. The molecule has 0 spiro atoms. The maximum absolute atomic E-state index is 6.30. The van der Waals surface area contributed by atoms with E-state index in [2.05, 4.69) is 50.9 Å². The van der Waals surface area contributed by atoms with Crippen molar-refractivity contribution in [3.63, 3.8) is 0 Å². The fourth-order valence-corrected chi connectivity index (χ4v) is 4.45. The Morgan fingerprint density at radius 3 is 2.76 bits per heavy atom. The highest BCUT2D eigenvalue weighted by Gasteiger charge is 2.16. The lowest BCUT2D eigenvalue weighted by Crippen LogP contribution is -2.18. The third-order valence-electron chi connectivity index (χ3n) is 3.69. The van der Waals surface area contributed by atoms with Crippen LogP contribution in [-0.2, 0) is 6.42 Å². The van der Waals surface area contributed by atoms with Gasteiger partial charge in [0.15, 0.2) is 0 Å². The van der Waals surface area contributed by atoms with E-state index >= 15 is 0 Å². The standard InChI is InChI=1S/C17H15BrClNS/c1-20-16(9-11-5-2-3-8-15(11)19)13-10-21-17-12(13)6-4-7-14(17)18/h2-8,10,16,20H,9H2,1H3. The van der Waals surface area contributed by atoms with Crippen molar-refractivity contribution in [1.82, 2.24) is 5.32 Å². The molecule has 1 heterocycles. The third kappa shape index (κ3) is 3.02. The summed E-state index contributed by atoms with van der Waals surface area (Å²) in [5.74, 6) is 0. The number of nitrogens with one attached hydrogen (secondary N) is 1. The fraction of sp³-hybridized carbons (Fsp3) is 0.176. The number of rotatable bonds is 4. The third-order valence-corrected chi connectivity index (χ3v) is 6.03. The first-order valence-electron chi connectivity index (χ1n) is 6.77. The van der Waals surface area contributed by atoms with Crippen molar-refractivity contribution in [2.75, 3.05) is 7.05 Å². The monoisotopic (exact) mass is 379 g/mol. The Kier molecular flexibility index (Phi) is 4.65. The van der Waals surface area contributed by atoms with Crippen LogP contribution < -0.4 is 5.32 Å². The van der Waals surface area contributed by atoms with Crippen molar-refractivity contribution in [2.45, 2.75) is 12.5 Å². The van der Waals surface area contributed by atoms with Crippen molar-refractivity contribution in [3.8, 4) is 0 Å². The SMILES string of the molecule is CNC(Cc1ccccc1Cl)c1csc2c(Br)cccc12. The van der Waals surface area contributed by atoms with Gasteiger partial charge >= 0.3 is 0 Å². The average molecular weight is 381 g/mol. The van der Waals surface area contributed by atoms with Crippen LogP contribution in [0.2, 0.25) is 5.02 Å². The molecule has 0 saturated carbocycles. The van der Waals surface area contributed by atoms with Gasteiger partial charge in [0.2, 0.25) is 0 Å². The van der Waals surface area contributed by atoms with Crippen molar-refractivity contribution in [2.24, 2.45) is 0 Å². The van der Waals surface area contributed by atoms with Crippen molar-refractivity contribution in [1.29, 1.82) is 0 Å². The lowest BCUT2D eigenvalue weighted by atomic mass is 9.98. The molecular weight excluding hydrogens is 366 g/mol. The van der Waals surface area contributed by atoms with Crippen molar-refractivity contribution in [3.05, 3.63) is 68.5 Å². The summed E-state index contributed by atoms with van der Waals surface area (Å²) in [6, 6.07) is 14.7. The number of hydrogen-bond donors (Lipinski definition) is 1. The van der Waals surface area contributed by atoms with Gasteiger partial charge in [-0.2, -0.15) is 0 Å². The predicted octanol–water partition coefficient (Wildman–Crippen LogP) is 5.82. The first-order chi connectivity index (χ1) is 10.2. The average Bonchev–Trinajstić information content (AvgIpc) is 2.92. The van der Waals surface area contributed by atoms with E-state index in [0.29, 0.717) is 0 Å². The smallest absolute Gasteiger partial charge is 0.0488 e. The van der Waals surface area contributed by atoms with E-state index in [1.54, 1.807) is 11.3 Å². The molecule has 0 aliphatic carbocycles. The van der Waals surface area contributed by atoms with Gasteiger partial charge in [0.05, 0.1) is 0 Å². The molecule has 0 aliphatic heterocycles. The molecule has 0 bridgehead atoms. The van der Waals surface area contributed by atoms with Crippen LogP contribution in [0.25, 0.3) is 10.1 Å². The highest BCUT2D eigenvalue weighted by molar-refractivity contribution is 9.10. The van der Waals surface area contributed by atoms with Gasteiger partial charge in [0.25, 0.3) is 0 Å². The Balaban J connectivity index is 1.99. The van der Waals surface area contributed by atoms with E-state index in [4.69, 9.17) is 11.6 Å². The maximum Gasteiger partial charge on any atom is 0.0488 e. The topological polar surface area (TPSA) is 12.0 Å². The first-order valence-corrected chi connectivity index (χ1v) is 8.82. The maximum atomic E-state index is 6.30. The molecule has 1 aromatic heterocycles. The van der Waals surface area contributed by atoms with Gasteiger partial charge in [0.1, 0.15) is 0 Å². The number of halogens is 2. The summed E-state index contributed by atoms with van der Waals surface area (Å²) in [6.45, 7) is 0. The van der Waals surface area contributed by atoms with Crippen LogP contribution in [-0.4, -0.2) is 7.05 Å². The van der Waals surface area contributed by atoms with Gasteiger partial charge in [-0.1, -0.05) is 41.9 Å². The second-order valence-corrected chi connectivity index (χ2v) is 7.09. The molecule has 3 aromatic rings. The highest BCUT2D eigenvalue weighted by Crippen LogP contribution is 2.36. The van der Waals surface area contributed by atoms with Crippen molar-refractivity contribution >= 4 is 49.0 Å². The molecule has 0 radical (unpaired) electrons. The van der Waals surface area contributed by atoms with Crippen LogP contribution >= 0.6 is 38.9 Å². The molecule has 2 aromatic carbocycles. The molecule has 4 heteroatoms. The Morgan fingerprint density at radius 2 is 2.00 bits per heavy atom. The Labute approximate surface area is 142 Å². The summed E-state index contributed by atoms with van der Waals surface area (Å²) in [6.07, 6.45) is 0.883. The molecule has 1 unspecified atom stereocenters. The minimum absolute atomic E-state index is 0.257. The molecule has 108 valence electrons. The molecular formula is C17H15BrClNS. The summed E-state index contributed by atoms with van der Waals surface area (Å²) >= 11 is 11.7. The lowest BCUT2D eigenvalue weighted by Gasteiger charge is -2.17. The quantitative estimate of drug-likeness (QED) is 0.601. The molecule has 0 fully saturated rings. The Hall–Kier alpha value is -0.870. The van der Waals surface area contributed by atoms with Gasteiger partial charge in [-0.3, -0.25) is 0 Å². The number of fused-ring (bicyclic) bond motifs is 1. The zero-order valence-corrected chi connectivity index (χ0v) is 14.7. The van der Waals surface area contributed by atoms with E-state index < -0.39 is 0 Å². The summed E-state index contributed by atoms with van der Waals surface area (Å²) < 4.78 is 2.45. The Bertz CT molecular complexity index is 768. The molecule has 0 saturated heterocycles. The number of hydrogen-bond acceptors (Lipinski definition) is 2. The number of benzene rings is 2. The molecule has 0 aliphatic rings. The van der Waals surface area contributed by atoms with Gasteiger partial charge in [-0.25, -0.2) is 0 Å². The first kappa shape index (κ1) is 15.0. The summed E-state index contributed by atoms with van der Waals surface area (Å²) in [5, 5.41) is 7.81. The van der Waals surface area contributed by atoms with Crippen LogP contribution in [0.3, 0.4) is 0 Å². The van der Waals surface area contributed by atoms with Gasteiger partial charge in [-0.15, -0.1) is 11.3 Å². The predicted molar refractivity (Wildman–Crippen MR) is 96.5 cm³/mol. The number of likely N-dealkylation sites (N-methyl/N-ethyl adjacent to an activating group) is 1. The van der Waals surface area contributed by atoms with Gasteiger partial charge in [0, 0.05) is 20.2 Å². The normalized spacial score (nSPS) is 12.7. The summed E-state index contributed by atoms with van der Waals surface area (Å²) in [4.78, 5) is 0. The van der Waals surface area contributed by atoms with Gasteiger partial charge < -0.3 is 5.32 Å².